The minimum Gasteiger partial charge on any atom is -0.466 e. The van der Waals surface area contributed by atoms with Crippen molar-refractivity contribution < 1.29 is 8.83 Å². The predicted molar refractivity (Wildman–Crippen MR) is 60.6 cm³/mol. The lowest BCUT2D eigenvalue weighted by molar-refractivity contribution is 0.495. The predicted octanol–water partition coefficient (Wildman–Crippen LogP) is 3.04. The van der Waals surface area contributed by atoms with Gasteiger partial charge in [0.1, 0.15) is 11.5 Å². The van der Waals surface area contributed by atoms with Crippen LogP contribution in [-0.2, 0) is 6.42 Å². The van der Waals surface area contributed by atoms with Crippen LogP contribution >= 0.6 is 11.6 Å². The fourth-order valence-electron chi connectivity index (χ4n) is 1.64. The van der Waals surface area contributed by atoms with Crippen molar-refractivity contribution >= 4 is 11.6 Å². The maximum absolute atomic E-state index is 5.61. The van der Waals surface area contributed by atoms with Gasteiger partial charge < -0.3 is 8.83 Å². The SMILES string of the molecule is Cc1oc(C)c(-c2nnc(CCCl)o2)c1C. The number of nitrogens with zero attached hydrogens (tertiary/aromatic N) is 2. The monoisotopic (exact) mass is 240 g/mol. The van der Waals surface area contributed by atoms with Crippen LogP contribution in [0.4, 0.5) is 0 Å². The van der Waals surface area contributed by atoms with E-state index in [9.17, 15) is 0 Å². The highest BCUT2D eigenvalue weighted by molar-refractivity contribution is 6.17. The van der Waals surface area contributed by atoms with E-state index in [1.807, 2.05) is 20.8 Å². The third-order valence-electron chi connectivity index (χ3n) is 2.55. The second kappa shape index (κ2) is 4.29. The number of furan rings is 1. The summed E-state index contributed by atoms with van der Waals surface area (Å²) in [7, 11) is 0. The van der Waals surface area contributed by atoms with Gasteiger partial charge in [0.2, 0.25) is 5.89 Å². The van der Waals surface area contributed by atoms with Crippen LogP contribution in [0.5, 0.6) is 0 Å². The Morgan fingerprint density at radius 2 is 1.81 bits per heavy atom. The van der Waals surface area contributed by atoms with E-state index in [4.69, 9.17) is 20.4 Å². The molecule has 0 N–H and O–H groups in total. The first kappa shape index (κ1) is 11.2. The lowest BCUT2D eigenvalue weighted by Crippen LogP contribution is -1.84. The van der Waals surface area contributed by atoms with E-state index >= 15 is 0 Å². The van der Waals surface area contributed by atoms with E-state index < -0.39 is 0 Å². The molecular formula is C11H13ClN2O2. The lowest BCUT2D eigenvalue weighted by atomic mass is 10.1. The summed E-state index contributed by atoms with van der Waals surface area (Å²) in [6, 6.07) is 0. The van der Waals surface area contributed by atoms with Crippen molar-refractivity contribution in [2.45, 2.75) is 27.2 Å². The summed E-state index contributed by atoms with van der Waals surface area (Å²) in [6.45, 7) is 5.79. The Labute approximate surface area is 98.6 Å². The first-order valence-corrected chi connectivity index (χ1v) is 5.62. The standard InChI is InChI=1S/C11H13ClN2O2/c1-6-7(2)15-8(3)10(6)11-14-13-9(16-11)4-5-12/h4-5H2,1-3H3. The van der Waals surface area contributed by atoms with Gasteiger partial charge in [-0.1, -0.05) is 0 Å². The molecule has 0 amide bonds. The molecule has 0 aliphatic rings. The Morgan fingerprint density at radius 3 is 2.38 bits per heavy atom. The minimum absolute atomic E-state index is 0.476. The molecule has 0 bridgehead atoms. The second-order valence-corrected chi connectivity index (χ2v) is 4.03. The van der Waals surface area contributed by atoms with Crippen molar-refractivity contribution in [1.82, 2.24) is 10.2 Å². The number of rotatable bonds is 3. The maximum atomic E-state index is 5.61. The maximum Gasteiger partial charge on any atom is 0.251 e. The molecule has 0 atom stereocenters. The van der Waals surface area contributed by atoms with Gasteiger partial charge in [-0.15, -0.1) is 21.8 Å². The Kier molecular flexibility index (Phi) is 3.01. The molecule has 16 heavy (non-hydrogen) atoms. The highest BCUT2D eigenvalue weighted by Gasteiger charge is 2.18. The van der Waals surface area contributed by atoms with Crippen molar-refractivity contribution in [3.05, 3.63) is 23.0 Å². The van der Waals surface area contributed by atoms with Crippen LogP contribution in [-0.4, -0.2) is 16.1 Å². The van der Waals surface area contributed by atoms with Crippen molar-refractivity contribution in [3.63, 3.8) is 0 Å². The summed E-state index contributed by atoms with van der Waals surface area (Å²) in [5.74, 6) is 3.22. The molecule has 0 saturated heterocycles. The van der Waals surface area contributed by atoms with E-state index in [1.54, 1.807) is 0 Å². The van der Waals surface area contributed by atoms with Crippen LogP contribution < -0.4 is 0 Å². The first-order chi connectivity index (χ1) is 7.63. The molecule has 2 heterocycles. The van der Waals surface area contributed by atoms with Gasteiger partial charge in [-0.2, -0.15) is 0 Å². The van der Waals surface area contributed by atoms with Gasteiger partial charge in [-0.25, -0.2) is 0 Å². The molecule has 0 radical (unpaired) electrons. The molecule has 2 rings (SSSR count). The zero-order valence-corrected chi connectivity index (χ0v) is 10.3. The molecule has 0 unspecified atom stereocenters. The number of halogens is 1. The summed E-state index contributed by atoms with van der Waals surface area (Å²) in [6.07, 6.45) is 0.587. The van der Waals surface area contributed by atoms with E-state index in [1.165, 1.54) is 0 Å². The third-order valence-corrected chi connectivity index (χ3v) is 2.74. The summed E-state index contributed by atoms with van der Waals surface area (Å²) in [4.78, 5) is 0. The summed E-state index contributed by atoms with van der Waals surface area (Å²) in [5.41, 5.74) is 1.93. The third kappa shape index (κ3) is 1.85. The van der Waals surface area contributed by atoms with Crippen molar-refractivity contribution in [1.29, 1.82) is 0 Å². The normalized spacial score (nSPS) is 11.0. The summed E-state index contributed by atoms with van der Waals surface area (Å²) >= 11 is 5.61. The molecule has 4 nitrogen and oxygen atoms in total. The van der Waals surface area contributed by atoms with Crippen LogP contribution in [0.2, 0.25) is 0 Å². The van der Waals surface area contributed by atoms with Crippen LogP contribution in [0, 0.1) is 20.8 Å². The van der Waals surface area contributed by atoms with Gasteiger partial charge in [0.05, 0.1) is 5.56 Å². The molecule has 0 aliphatic heterocycles. The highest BCUT2D eigenvalue weighted by Crippen LogP contribution is 2.30. The summed E-state index contributed by atoms with van der Waals surface area (Å²) in [5, 5.41) is 7.94. The van der Waals surface area contributed by atoms with Crippen LogP contribution in [0.15, 0.2) is 8.83 Å². The fourth-order valence-corrected chi connectivity index (χ4v) is 1.81. The van der Waals surface area contributed by atoms with Crippen molar-refractivity contribution in [3.8, 4) is 11.5 Å². The van der Waals surface area contributed by atoms with Gasteiger partial charge in [-0.05, 0) is 20.8 Å². The van der Waals surface area contributed by atoms with Crippen molar-refractivity contribution in [2.75, 3.05) is 5.88 Å². The number of hydrogen-bond donors (Lipinski definition) is 0. The number of alkyl halides is 1. The van der Waals surface area contributed by atoms with E-state index in [0.29, 0.717) is 24.1 Å². The first-order valence-electron chi connectivity index (χ1n) is 5.08. The topological polar surface area (TPSA) is 52.1 Å². The molecule has 0 saturated carbocycles. The molecule has 0 spiro atoms. The van der Waals surface area contributed by atoms with Crippen LogP contribution in [0.3, 0.4) is 0 Å². The Morgan fingerprint density at radius 1 is 1.06 bits per heavy atom. The number of aromatic nitrogens is 2. The van der Waals surface area contributed by atoms with Crippen LogP contribution in [0.25, 0.3) is 11.5 Å². The number of hydrogen-bond acceptors (Lipinski definition) is 4. The molecule has 86 valence electrons. The van der Waals surface area contributed by atoms with Gasteiger partial charge in [0.25, 0.3) is 5.89 Å². The molecule has 2 aromatic heterocycles. The van der Waals surface area contributed by atoms with Gasteiger partial charge in [0, 0.05) is 17.9 Å². The average molecular weight is 241 g/mol. The Bertz CT molecular complexity index is 502. The van der Waals surface area contributed by atoms with E-state index in [2.05, 4.69) is 10.2 Å². The summed E-state index contributed by atoms with van der Waals surface area (Å²) < 4.78 is 11.0. The number of aryl methyl sites for hydroxylation is 3. The molecule has 0 aliphatic carbocycles. The zero-order valence-electron chi connectivity index (χ0n) is 9.50. The molecule has 0 aromatic carbocycles. The largest absolute Gasteiger partial charge is 0.466 e. The molecule has 5 heteroatoms. The van der Waals surface area contributed by atoms with Gasteiger partial charge >= 0.3 is 0 Å². The molecule has 2 aromatic rings. The fraction of sp³-hybridized carbons (Fsp3) is 0.455. The molecular weight excluding hydrogens is 228 g/mol. The second-order valence-electron chi connectivity index (χ2n) is 3.65. The van der Waals surface area contributed by atoms with Gasteiger partial charge in [-0.3, -0.25) is 0 Å². The zero-order chi connectivity index (χ0) is 11.7. The quantitative estimate of drug-likeness (QED) is 0.774. The average Bonchev–Trinajstić information content (AvgIpc) is 2.75. The Balaban J connectivity index is 2.42. The lowest BCUT2D eigenvalue weighted by Gasteiger charge is -1.93. The minimum atomic E-state index is 0.476. The smallest absolute Gasteiger partial charge is 0.251 e. The van der Waals surface area contributed by atoms with E-state index in [0.717, 1.165) is 22.6 Å². The highest BCUT2D eigenvalue weighted by atomic mass is 35.5. The van der Waals surface area contributed by atoms with Crippen LogP contribution in [0.1, 0.15) is 23.0 Å². The molecule has 0 fully saturated rings. The van der Waals surface area contributed by atoms with E-state index in [-0.39, 0.29) is 0 Å². The van der Waals surface area contributed by atoms with Crippen molar-refractivity contribution in [2.24, 2.45) is 0 Å². The van der Waals surface area contributed by atoms with Gasteiger partial charge in [0.15, 0.2) is 0 Å². The Hall–Kier alpha value is -1.29.